The van der Waals surface area contributed by atoms with E-state index in [2.05, 4.69) is 5.32 Å². The third kappa shape index (κ3) is 11.2. The topological polar surface area (TPSA) is 67.4 Å². The molecule has 0 aliphatic carbocycles. The quantitative estimate of drug-likeness (QED) is 0.784. The highest BCUT2D eigenvalue weighted by Crippen LogP contribution is 2.13. The highest BCUT2D eigenvalue weighted by molar-refractivity contribution is 7.98. The van der Waals surface area contributed by atoms with Crippen molar-refractivity contribution in [1.82, 2.24) is 10.6 Å². The van der Waals surface area contributed by atoms with Crippen LogP contribution < -0.4 is 10.6 Å². The molecule has 124 valence electrons. The van der Waals surface area contributed by atoms with Crippen molar-refractivity contribution < 1.29 is 27.5 Å². The first kappa shape index (κ1) is 19.9. The van der Waals surface area contributed by atoms with Crippen LogP contribution in [0, 0.1) is 0 Å². The highest BCUT2D eigenvalue weighted by atomic mass is 32.2. The maximum Gasteiger partial charge on any atom is 0.408 e. The van der Waals surface area contributed by atoms with Crippen molar-refractivity contribution >= 4 is 23.8 Å². The minimum atomic E-state index is -4.51. The lowest BCUT2D eigenvalue weighted by molar-refractivity contribution is -0.143. The Labute approximate surface area is 126 Å². The summed E-state index contributed by atoms with van der Waals surface area (Å²) in [7, 11) is 0. The fourth-order valence-electron chi connectivity index (χ4n) is 1.23. The van der Waals surface area contributed by atoms with Crippen LogP contribution in [0.25, 0.3) is 0 Å². The fourth-order valence-corrected chi connectivity index (χ4v) is 1.68. The molecule has 0 aliphatic heterocycles. The second-order valence-electron chi connectivity index (χ2n) is 5.38. The van der Waals surface area contributed by atoms with Crippen LogP contribution in [0.3, 0.4) is 0 Å². The molecule has 21 heavy (non-hydrogen) atoms. The van der Waals surface area contributed by atoms with Crippen LogP contribution >= 0.6 is 11.8 Å². The number of halogens is 3. The molecule has 5 nitrogen and oxygen atoms in total. The molecule has 9 heteroatoms. The van der Waals surface area contributed by atoms with Gasteiger partial charge in [-0.25, -0.2) is 4.79 Å². The Morgan fingerprint density at radius 2 is 1.81 bits per heavy atom. The van der Waals surface area contributed by atoms with Crippen molar-refractivity contribution in [3.8, 4) is 0 Å². The predicted octanol–water partition coefficient (Wildman–Crippen LogP) is 2.31. The number of thioether (sulfide) groups is 1. The van der Waals surface area contributed by atoms with Crippen LogP contribution in [0.15, 0.2) is 0 Å². The summed E-state index contributed by atoms with van der Waals surface area (Å²) >= 11 is 1.40. The second-order valence-corrected chi connectivity index (χ2v) is 6.37. The van der Waals surface area contributed by atoms with Gasteiger partial charge in [0.05, 0.1) is 0 Å². The lowest BCUT2D eigenvalue weighted by Gasteiger charge is -2.23. The molecule has 0 rings (SSSR count). The number of nitrogens with one attached hydrogen (secondary N) is 2. The second kappa shape index (κ2) is 8.35. The van der Waals surface area contributed by atoms with Gasteiger partial charge in [0.2, 0.25) is 0 Å². The summed E-state index contributed by atoms with van der Waals surface area (Å²) in [6.07, 6.45) is -4.67. The summed E-state index contributed by atoms with van der Waals surface area (Å²) < 4.78 is 41.1. The number of amides is 2. The van der Waals surface area contributed by atoms with Crippen molar-refractivity contribution in [3.05, 3.63) is 0 Å². The lowest BCUT2D eigenvalue weighted by atomic mass is 10.1. The third-order valence-corrected chi connectivity index (χ3v) is 2.71. The van der Waals surface area contributed by atoms with E-state index in [1.54, 1.807) is 32.3 Å². The van der Waals surface area contributed by atoms with E-state index in [-0.39, 0.29) is 6.42 Å². The van der Waals surface area contributed by atoms with Crippen LogP contribution in [-0.2, 0) is 9.53 Å². The molecule has 0 aromatic heterocycles. The van der Waals surface area contributed by atoms with Gasteiger partial charge in [-0.05, 0) is 32.8 Å². The van der Waals surface area contributed by atoms with Gasteiger partial charge in [0.15, 0.2) is 6.10 Å². The Morgan fingerprint density at radius 3 is 2.24 bits per heavy atom. The highest BCUT2D eigenvalue weighted by Gasteiger charge is 2.31. The first-order valence-electron chi connectivity index (χ1n) is 6.27. The first-order valence-corrected chi connectivity index (χ1v) is 7.66. The van der Waals surface area contributed by atoms with Crippen molar-refractivity contribution in [2.24, 2.45) is 0 Å². The molecule has 0 saturated heterocycles. The number of hydrogen-bond acceptors (Lipinski definition) is 4. The normalized spacial score (nSPS) is 13.5. The standard InChI is InChI=1S/C12H21F3N2O3S/c1-11(2,3)17-10(19)20-8(5-6-21-4)9(18)16-7-12(13,14)15/h8H,5-7H2,1-4H3,(H,16,18)(H,17,19). The van der Waals surface area contributed by atoms with E-state index in [1.165, 1.54) is 11.8 Å². The number of carbonyl (C=O) groups is 2. The third-order valence-electron chi connectivity index (χ3n) is 2.07. The number of alkyl halides is 3. The van der Waals surface area contributed by atoms with Gasteiger partial charge in [0.1, 0.15) is 6.54 Å². The van der Waals surface area contributed by atoms with Crippen molar-refractivity contribution in [1.29, 1.82) is 0 Å². The van der Waals surface area contributed by atoms with Crippen LogP contribution in [-0.4, -0.2) is 48.4 Å². The smallest absolute Gasteiger partial charge is 0.408 e. The van der Waals surface area contributed by atoms with E-state index < -0.39 is 36.4 Å². The molecule has 0 heterocycles. The molecule has 1 atom stereocenters. The zero-order valence-corrected chi connectivity index (χ0v) is 13.3. The minimum Gasteiger partial charge on any atom is -0.436 e. The minimum absolute atomic E-state index is 0.141. The van der Waals surface area contributed by atoms with Crippen LogP contribution in [0.2, 0.25) is 0 Å². The van der Waals surface area contributed by atoms with Gasteiger partial charge < -0.3 is 15.4 Å². The number of rotatable bonds is 6. The Bertz CT molecular complexity index is 357. The Kier molecular flexibility index (Phi) is 7.91. The summed E-state index contributed by atoms with van der Waals surface area (Å²) in [6, 6.07) is 0. The summed E-state index contributed by atoms with van der Waals surface area (Å²) in [5.74, 6) is -0.474. The van der Waals surface area contributed by atoms with E-state index in [0.717, 1.165) is 0 Å². The Morgan fingerprint density at radius 1 is 1.24 bits per heavy atom. The molecule has 0 spiro atoms. The SMILES string of the molecule is CSCCC(OC(=O)NC(C)(C)C)C(=O)NCC(F)(F)F. The maximum atomic E-state index is 12.1. The van der Waals surface area contributed by atoms with Crippen LogP contribution in [0.4, 0.5) is 18.0 Å². The zero-order chi connectivity index (χ0) is 16.7. The van der Waals surface area contributed by atoms with E-state index in [4.69, 9.17) is 4.74 Å². The maximum absolute atomic E-state index is 12.1. The van der Waals surface area contributed by atoms with E-state index in [0.29, 0.717) is 5.75 Å². The van der Waals surface area contributed by atoms with Gasteiger partial charge in [-0.15, -0.1) is 0 Å². The Hall–Kier alpha value is -1.12. The number of alkyl carbamates (subject to hydrolysis) is 1. The van der Waals surface area contributed by atoms with Gasteiger partial charge in [-0.1, -0.05) is 0 Å². The summed E-state index contributed by atoms with van der Waals surface area (Å²) in [5, 5.41) is 4.20. The lowest BCUT2D eigenvalue weighted by Crippen LogP contribution is -2.47. The number of hydrogen-bond donors (Lipinski definition) is 2. The largest absolute Gasteiger partial charge is 0.436 e. The van der Waals surface area contributed by atoms with E-state index >= 15 is 0 Å². The molecule has 1 unspecified atom stereocenters. The van der Waals surface area contributed by atoms with E-state index in [1.807, 2.05) is 0 Å². The van der Waals surface area contributed by atoms with Gasteiger partial charge in [0, 0.05) is 12.0 Å². The van der Waals surface area contributed by atoms with Crippen LogP contribution in [0.5, 0.6) is 0 Å². The molecule has 0 aliphatic rings. The van der Waals surface area contributed by atoms with Gasteiger partial charge >= 0.3 is 12.3 Å². The first-order chi connectivity index (χ1) is 9.44. The number of ether oxygens (including phenoxy) is 1. The molecule has 0 aromatic rings. The molecule has 0 fully saturated rings. The molecular formula is C12H21F3N2O3S. The number of carbonyl (C=O) groups excluding carboxylic acids is 2. The summed E-state index contributed by atoms with van der Waals surface area (Å²) in [5.41, 5.74) is -0.566. The van der Waals surface area contributed by atoms with Crippen molar-refractivity contribution in [2.75, 3.05) is 18.6 Å². The predicted molar refractivity (Wildman–Crippen MR) is 75.2 cm³/mol. The van der Waals surface area contributed by atoms with Crippen LogP contribution in [0.1, 0.15) is 27.2 Å². The summed E-state index contributed by atoms with van der Waals surface area (Å²) in [4.78, 5) is 23.3. The average Bonchev–Trinajstić information content (AvgIpc) is 2.28. The molecule has 2 N–H and O–H groups in total. The zero-order valence-electron chi connectivity index (χ0n) is 12.5. The molecular weight excluding hydrogens is 309 g/mol. The molecule has 0 bridgehead atoms. The molecule has 2 amide bonds. The fraction of sp³-hybridized carbons (Fsp3) is 0.833. The van der Waals surface area contributed by atoms with E-state index in [9.17, 15) is 22.8 Å². The van der Waals surface area contributed by atoms with Gasteiger partial charge in [-0.3, -0.25) is 4.79 Å². The monoisotopic (exact) mass is 330 g/mol. The molecule has 0 aromatic carbocycles. The average molecular weight is 330 g/mol. The summed E-state index contributed by atoms with van der Waals surface area (Å²) in [6.45, 7) is 3.70. The van der Waals surface area contributed by atoms with Crippen molar-refractivity contribution in [3.63, 3.8) is 0 Å². The Balaban J connectivity index is 4.56. The molecule has 0 saturated carbocycles. The van der Waals surface area contributed by atoms with Gasteiger partial charge in [0.25, 0.3) is 5.91 Å². The molecule has 0 radical (unpaired) electrons. The van der Waals surface area contributed by atoms with Gasteiger partial charge in [-0.2, -0.15) is 24.9 Å². The van der Waals surface area contributed by atoms with Crippen molar-refractivity contribution in [2.45, 2.75) is 45.0 Å².